The average molecular weight is 131 g/mol. The van der Waals surface area contributed by atoms with Crippen molar-refractivity contribution in [1.29, 1.82) is 0 Å². The van der Waals surface area contributed by atoms with Crippen LogP contribution in [-0.4, -0.2) is 10.5 Å². The molecular weight excluding hydrogens is 116 g/mol. The molecule has 0 aromatic rings. The lowest BCUT2D eigenvalue weighted by atomic mass is 10.4. The number of hydrogen-bond donors (Lipinski definition) is 0. The van der Waals surface area contributed by atoms with Crippen molar-refractivity contribution >= 4 is 11.8 Å². The molecule has 0 aliphatic heterocycles. The summed E-state index contributed by atoms with van der Waals surface area (Å²) in [6.45, 7) is 10.5. The van der Waals surface area contributed by atoms with Gasteiger partial charge in [0.1, 0.15) is 0 Å². The smallest absolute Gasteiger partial charge is 0.00217 e. The van der Waals surface area contributed by atoms with Crippen molar-refractivity contribution < 1.29 is 0 Å². The van der Waals surface area contributed by atoms with Gasteiger partial charge in [0.25, 0.3) is 0 Å². The van der Waals surface area contributed by atoms with Crippen LogP contribution in [0.15, 0.2) is 0 Å². The van der Waals surface area contributed by atoms with Crippen LogP contribution >= 0.6 is 11.8 Å². The normalized spacial score (nSPS) is 14.6. The Kier molecular flexibility index (Phi) is 4.44. The topological polar surface area (TPSA) is 0 Å². The van der Waals surface area contributed by atoms with Crippen LogP contribution in [0.1, 0.15) is 27.2 Å². The molecule has 2 atom stereocenters. The third-order valence-corrected chi connectivity index (χ3v) is 2.30. The lowest BCUT2D eigenvalue weighted by Crippen LogP contribution is -1.98. The minimum Gasteiger partial charge on any atom is -0.156 e. The Morgan fingerprint density at radius 3 is 2.12 bits per heavy atom. The van der Waals surface area contributed by atoms with Crippen LogP contribution in [0, 0.1) is 6.92 Å². The first-order chi connectivity index (χ1) is 3.66. The molecule has 0 saturated carbocycles. The zero-order valence-electron chi connectivity index (χ0n) is 5.98. The summed E-state index contributed by atoms with van der Waals surface area (Å²) in [5.41, 5.74) is 0. The molecule has 0 fully saturated rings. The first-order valence-electron chi connectivity index (χ1n) is 3.15. The van der Waals surface area contributed by atoms with Gasteiger partial charge >= 0.3 is 0 Å². The van der Waals surface area contributed by atoms with Crippen LogP contribution in [0.25, 0.3) is 0 Å². The molecule has 0 aliphatic rings. The number of hydrogen-bond acceptors (Lipinski definition) is 1. The Morgan fingerprint density at radius 1 is 1.50 bits per heavy atom. The molecule has 0 aliphatic carbocycles. The second-order valence-corrected chi connectivity index (χ2v) is 4.05. The Bertz CT molecular complexity index is 50.3. The molecule has 0 saturated heterocycles. The van der Waals surface area contributed by atoms with Gasteiger partial charge in [-0.1, -0.05) is 20.8 Å². The molecule has 0 aromatic heterocycles. The van der Waals surface area contributed by atoms with Crippen molar-refractivity contribution in [3.05, 3.63) is 6.92 Å². The summed E-state index contributed by atoms with van der Waals surface area (Å²) in [6, 6.07) is 0. The molecule has 0 rings (SSSR count). The van der Waals surface area contributed by atoms with Crippen LogP contribution < -0.4 is 0 Å². The highest BCUT2D eigenvalue weighted by atomic mass is 32.2. The second kappa shape index (κ2) is 4.25. The molecule has 0 spiro atoms. The molecule has 0 heterocycles. The van der Waals surface area contributed by atoms with E-state index in [2.05, 4.69) is 27.7 Å². The van der Waals surface area contributed by atoms with Gasteiger partial charge in [-0.05, 0) is 13.3 Å². The SMILES string of the molecule is [CH2]C(C)SC(C)CC. The maximum atomic E-state index is 3.89. The van der Waals surface area contributed by atoms with Crippen LogP contribution in [-0.2, 0) is 0 Å². The van der Waals surface area contributed by atoms with Gasteiger partial charge < -0.3 is 0 Å². The fraction of sp³-hybridized carbons (Fsp3) is 0.857. The largest absolute Gasteiger partial charge is 0.156 e. The summed E-state index contributed by atoms with van der Waals surface area (Å²) < 4.78 is 0. The van der Waals surface area contributed by atoms with E-state index in [4.69, 9.17) is 0 Å². The van der Waals surface area contributed by atoms with Crippen molar-refractivity contribution in [3.63, 3.8) is 0 Å². The monoisotopic (exact) mass is 131 g/mol. The summed E-state index contributed by atoms with van der Waals surface area (Å²) in [5.74, 6) is 0. The number of thioether (sulfide) groups is 1. The Labute approximate surface area is 57.1 Å². The van der Waals surface area contributed by atoms with Gasteiger partial charge in [-0.2, -0.15) is 11.8 Å². The number of rotatable bonds is 3. The molecule has 0 nitrogen and oxygen atoms in total. The van der Waals surface area contributed by atoms with Gasteiger partial charge in [-0.3, -0.25) is 0 Å². The molecular formula is C7H15S. The van der Waals surface area contributed by atoms with Crippen LogP contribution in [0.5, 0.6) is 0 Å². The molecule has 8 heavy (non-hydrogen) atoms. The Hall–Kier alpha value is 0.350. The molecule has 0 N–H and O–H groups in total. The van der Waals surface area contributed by atoms with E-state index in [1.54, 1.807) is 0 Å². The van der Waals surface area contributed by atoms with E-state index in [9.17, 15) is 0 Å². The maximum Gasteiger partial charge on any atom is 0.00217 e. The van der Waals surface area contributed by atoms with Crippen molar-refractivity contribution in [1.82, 2.24) is 0 Å². The summed E-state index contributed by atoms with van der Waals surface area (Å²) in [6.07, 6.45) is 1.25. The van der Waals surface area contributed by atoms with E-state index in [-0.39, 0.29) is 0 Å². The van der Waals surface area contributed by atoms with E-state index in [0.717, 1.165) is 5.25 Å². The van der Waals surface area contributed by atoms with E-state index < -0.39 is 0 Å². The fourth-order valence-corrected chi connectivity index (χ4v) is 1.48. The minimum absolute atomic E-state index is 0.546. The average Bonchev–Trinajstić information content (AvgIpc) is 1.65. The highest BCUT2D eigenvalue weighted by molar-refractivity contribution is 8.00. The Morgan fingerprint density at radius 2 is 2.00 bits per heavy atom. The van der Waals surface area contributed by atoms with Crippen molar-refractivity contribution in [2.45, 2.75) is 37.7 Å². The van der Waals surface area contributed by atoms with Crippen LogP contribution in [0.3, 0.4) is 0 Å². The lowest BCUT2D eigenvalue weighted by Gasteiger charge is -2.09. The van der Waals surface area contributed by atoms with Crippen molar-refractivity contribution in [2.75, 3.05) is 0 Å². The third kappa shape index (κ3) is 4.51. The molecule has 1 radical (unpaired) electrons. The van der Waals surface area contributed by atoms with Crippen LogP contribution in [0.2, 0.25) is 0 Å². The molecule has 0 amide bonds. The van der Waals surface area contributed by atoms with Crippen molar-refractivity contribution in [3.8, 4) is 0 Å². The van der Waals surface area contributed by atoms with Gasteiger partial charge in [0.15, 0.2) is 0 Å². The maximum absolute atomic E-state index is 3.89. The summed E-state index contributed by atoms with van der Waals surface area (Å²) in [5, 5.41) is 1.33. The summed E-state index contributed by atoms with van der Waals surface area (Å²) in [4.78, 5) is 0. The van der Waals surface area contributed by atoms with Gasteiger partial charge in [0, 0.05) is 10.5 Å². The van der Waals surface area contributed by atoms with Crippen LogP contribution in [0.4, 0.5) is 0 Å². The van der Waals surface area contributed by atoms with Crippen molar-refractivity contribution in [2.24, 2.45) is 0 Å². The molecule has 0 bridgehead atoms. The summed E-state index contributed by atoms with van der Waals surface area (Å²) >= 11 is 1.94. The fourth-order valence-electron chi connectivity index (χ4n) is 0.493. The quantitative estimate of drug-likeness (QED) is 0.567. The van der Waals surface area contributed by atoms with E-state index in [0.29, 0.717) is 5.25 Å². The van der Waals surface area contributed by atoms with Gasteiger partial charge in [0.2, 0.25) is 0 Å². The van der Waals surface area contributed by atoms with Gasteiger partial charge in [-0.15, -0.1) is 0 Å². The lowest BCUT2D eigenvalue weighted by molar-refractivity contribution is 0.901. The van der Waals surface area contributed by atoms with E-state index in [1.807, 2.05) is 11.8 Å². The summed E-state index contributed by atoms with van der Waals surface area (Å²) in [7, 11) is 0. The minimum atomic E-state index is 0.546. The standard InChI is InChI=1S/C7H15S/c1-5-7(4)8-6(2)3/h6-7H,2,5H2,1,3-4H3. The second-order valence-electron chi connectivity index (χ2n) is 2.17. The highest BCUT2D eigenvalue weighted by Crippen LogP contribution is 2.18. The Balaban J connectivity index is 3.10. The molecule has 49 valence electrons. The molecule has 0 aromatic carbocycles. The zero-order chi connectivity index (χ0) is 6.57. The zero-order valence-corrected chi connectivity index (χ0v) is 6.79. The van der Waals surface area contributed by atoms with Gasteiger partial charge in [-0.25, -0.2) is 0 Å². The highest BCUT2D eigenvalue weighted by Gasteiger charge is 2.00. The van der Waals surface area contributed by atoms with E-state index in [1.165, 1.54) is 6.42 Å². The predicted octanol–water partition coefficient (Wildman–Crippen LogP) is 2.74. The third-order valence-electron chi connectivity index (χ3n) is 1.04. The predicted molar refractivity (Wildman–Crippen MR) is 42.2 cm³/mol. The van der Waals surface area contributed by atoms with E-state index >= 15 is 0 Å². The first kappa shape index (κ1) is 8.35. The first-order valence-corrected chi connectivity index (χ1v) is 4.09. The molecule has 1 heteroatoms. The van der Waals surface area contributed by atoms with Gasteiger partial charge in [0.05, 0.1) is 0 Å². The molecule has 2 unspecified atom stereocenters.